The zero-order valence-electron chi connectivity index (χ0n) is 14.2. The number of ether oxygens (including phenoxy) is 2. The number of methoxy groups -OCH3 is 1. The zero-order valence-corrected chi connectivity index (χ0v) is 16.6. The molecule has 2 rings (SSSR count). The molecule has 0 aliphatic heterocycles. The second-order valence-electron chi connectivity index (χ2n) is 5.08. The van der Waals surface area contributed by atoms with E-state index < -0.39 is 14.9 Å². The van der Waals surface area contributed by atoms with E-state index in [4.69, 9.17) is 9.47 Å². The van der Waals surface area contributed by atoms with Crippen LogP contribution in [0.15, 0.2) is 51.8 Å². The lowest BCUT2D eigenvalue weighted by Crippen LogP contribution is -2.14. The number of hydrogen-bond acceptors (Lipinski definition) is 5. The van der Waals surface area contributed by atoms with E-state index in [2.05, 4.69) is 20.7 Å². The molecule has 0 aromatic heterocycles. The average molecular weight is 437 g/mol. The molecule has 0 aliphatic carbocycles. The third-order valence-corrected chi connectivity index (χ3v) is 5.10. The highest BCUT2D eigenvalue weighted by atomic mass is 79.9. The Kier molecular flexibility index (Phi) is 6.66. The van der Waals surface area contributed by atoms with Crippen LogP contribution in [-0.4, -0.2) is 22.1 Å². The Morgan fingerprint density at radius 3 is 2.50 bits per heavy atom. The topological polar surface area (TPSA) is 88.4 Å². The quantitative estimate of drug-likeness (QED) is 0.658. The van der Waals surface area contributed by atoms with Crippen LogP contribution in [0, 0.1) is 11.3 Å². The van der Waals surface area contributed by atoms with Gasteiger partial charge in [0, 0.05) is 10.2 Å². The maximum Gasteiger partial charge on any atom is 0.272 e. The molecule has 136 valence electrons. The summed E-state index contributed by atoms with van der Waals surface area (Å²) in [5.74, 6) is 0.998. The minimum absolute atomic E-state index is 0.360. The van der Waals surface area contributed by atoms with Crippen LogP contribution in [-0.2, 0) is 10.0 Å². The van der Waals surface area contributed by atoms with Gasteiger partial charge in [0.15, 0.2) is 16.4 Å². The van der Waals surface area contributed by atoms with Crippen molar-refractivity contribution in [3.8, 4) is 17.6 Å². The van der Waals surface area contributed by atoms with Gasteiger partial charge >= 0.3 is 0 Å². The summed E-state index contributed by atoms with van der Waals surface area (Å²) < 4.78 is 38.8. The van der Waals surface area contributed by atoms with Gasteiger partial charge < -0.3 is 9.47 Å². The number of rotatable bonds is 7. The summed E-state index contributed by atoms with van der Waals surface area (Å²) in [5.41, 5.74) is 0.863. The van der Waals surface area contributed by atoms with Crippen molar-refractivity contribution in [2.75, 3.05) is 18.4 Å². The van der Waals surface area contributed by atoms with E-state index in [0.29, 0.717) is 29.4 Å². The van der Waals surface area contributed by atoms with Gasteiger partial charge in [0.05, 0.1) is 13.7 Å². The van der Waals surface area contributed by atoms with Gasteiger partial charge in [-0.05, 0) is 55.0 Å². The molecule has 6 nitrogen and oxygen atoms in total. The molecule has 0 saturated heterocycles. The predicted octanol–water partition coefficient (Wildman–Crippen LogP) is 4.16. The van der Waals surface area contributed by atoms with Gasteiger partial charge in [0.1, 0.15) is 6.07 Å². The molecule has 0 fully saturated rings. The number of benzene rings is 2. The van der Waals surface area contributed by atoms with Gasteiger partial charge in [-0.15, -0.1) is 0 Å². The summed E-state index contributed by atoms with van der Waals surface area (Å²) in [7, 11) is -2.53. The van der Waals surface area contributed by atoms with Gasteiger partial charge in [0.2, 0.25) is 0 Å². The van der Waals surface area contributed by atoms with Crippen molar-refractivity contribution in [3.63, 3.8) is 0 Å². The van der Waals surface area contributed by atoms with Crippen molar-refractivity contribution in [2.45, 2.75) is 6.92 Å². The van der Waals surface area contributed by atoms with Crippen LogP contribution in [0.2, 0.25) is 0 Å². The Hall–Kier alpha value is -2.50. The van der Waals surface area contributed by atoms with Crippen LogP contribution >= 0.6 is 15.9 Å². The van der Waals surface area contributed by atoms with Crippen molar-refractivity contribution in [1.82, 2.24) is 0 Å². The summed E-state index contributed by atoms with van der Waals surface area (Å²) in [5, 5.41) is 9.31. The number of allylic oxidation sites excluding steroid dienone is 1. The second kappa shape index (κ2) is 8.74. The molecule has 0 aliphatic rings. The highest BCUT2D eigenvalue weighted by Gasteiger charge is 2.18. The van der Waals surface area contributed by atoms with Crippen molar-refractivity contribution in [1.29, 1.82) is 5.26 Å². The Morgan fingerprint density at radius 2 is 1.92 bits per heavy atom. The van der Waals surface area contributed by atoms with E-state index >= 15 is 0 Å². The summed E-state index contributed by atoms with van der Waals surface area (Å²) in [6.07, 6.45) is 1.28. The molecule has 2 aromatic rings. The fourth-order valence-corrected chi connectivity index (χ4v) is 3.33. The Morgan fingerprint density at radius 1 is 1.23 bits per heavy atom. The number of nitrogens with zero attached hydrogens (tertiary/aromatic N) is 1. The average Bonchev–Trinajstić information content (AvgIpc) is 2.62. The summed E-state index contributed by atoms with van der Waals surface area (Å²) in [4.78, 5) is -0.411. The monoisotopic (exact) mass is 436 g/mol. The molecule has 0 bridgehead atoms. The van der Waals surface area contributed by atoms with E-state index in [1.807, 2.05) is 6.92 Å². The van der Waals surface area contributed by atoms with Gasteiger partial charge in [0.25, 0.3) is 10.0 Å². The highest BCUT2D eigenvalue weighted by Crippen LogP contribution is 2.29. The number of anilines is 1. The third-order valence-electron chi connectivity index (χ3n) is 3.28. The van der Waals surface area contributed by atoms with Crippen LogP contribution < -0.4 is 14.2 Å². The van der Waals surface area contributed by atoms with Gasteiger partial charge in [-0.25, -0.2) is 8.42 Å². The smallest absolute Gasteiger partial charge is 0.272 e. The van der Waals surface area contributed by atoms with Crippen LogP contribution in [0.3, 0.4) is 0 Å². The molecular formula is C18H17BrN2O4S. The third kappa shape index (κ3) is 5.00. The Balaban J connectivity index is 2.34. The zero-order chi connectivity index (χ0) is 19.2. The molecule has 0 spiro atoms. The molecule has 0 saturated carbocycles. The maximum absolute atomic E-state index is 12.5. The molecule has 0 radical (unpaired) electrons. The lowest BCUT2D eigenvalue weighted by molar-refractivity contribution is 0.311. The molecule has 1 N–H and O–H groups in total. The molecule has 0 unspecified atom stereocenters. The lowest BCUT2D eigenvalue weighted by atomic mass is 10.2. The molecule has 0 heterocycles. The lowest BCUT2D eigenvalue weighted by Gasteiger charge is -2.10. The van der Waals surface area contributed by atoms with Gasteiger partial charge in [-0.1, -0.05) is 22.0 Å². The number of sulfonamides is 1. The van der Waals surface area contributed by atoms with Crippen molar-refractivity contribution < 1.29 is 17.9 Å². The van der Waals surface area contributed by atoms with E-state index in [0.717, 1.165) is 4.47 Å². The Bertz CT molecular complexity index is 948. The van der Waals surface area contributed by atoms with Gasteiger partial charge in [-0.2, -0.15) is 5.26 Å². The van der Waals surface area contributed by atoms with Crippen LogP contribution in [0.5, 0.6) is 11.5 Å². The maximum atomic E-state index is 12.5. The summed E-state index contributed by atoms with van der Waals surface area (Å²) in [6.45, 7) is 2.32. The van der Waals surface area contributed by atoms with E-state index in [-0.39, 0.29) is 0 Å². The van der Waals surface area contributed by atoms with Crippen LogP contribution in [0.1, 0.15) is 12.5 Å². The molecule has 0 atom stereocenters. The van der Waals surface area contributed by atoms with Gasteiger partial charge in [-0.3, -0.25) is 4.72 Å². The second-order valence-corrected chi connectivity index (χ2v) is 7.64. The largest absolute Gasteiger partial charge is 0.493 e. The van der Waals surface area contributed by atoms with E-state index in [9.17, 15) is 13.7 Å². The first kappa shape index (κ1) is 19.8. The standard InChI is InChI=1S/C18H17BrN2O4S/c1-3-25-17-9-4-13(11-18(17)24-2)10-16(12-20)26(22,23)21-15-7-5-14(19)6-8-15/h4-11,21H,3H2,1-2H3/b16-10+. The molecule has 8 heteroatoms. The fourth-order valence-electron chi connectivity index (χ4n) is 2.10. The number of halogens is 1. The first-order chi connectivity index (χ1) is 12.4. The molecule has 0 amide bonds. The Labute approximate surface area is 161 Å². The molecule has 26 heavy (non-hydrogen) atoms. The molecular weight excluding hydrogens is 420 g/mol. The minimum Gasteiger partial charge on any atom is -0.493 e. The van der Waals surface area contributed by atoms with E-state index in [1.165, 1.54) is 13.2 Å². The predicted molar refractivity (Wildman–Crippen MR) is 104 cm³/mol. The minimum atomic E-state index is -4.01. The first-order valence-electron chi connectivity index (χ1n) is 7.60. The van der Waals surface area contributed by atoms with Crippen LogP contribution in [0.25, 0.3) is 6.08 Å². The first-order valence-corrected chi connectivity index (χ1v) is 9.88. The molecule has 2 aromatic carbocycles. The summed E-state index contributed by atoms with van der Waals surface area (Å²) in [6, 6.07) is 13.2. The van der Waals surface area contributed by atoms with Crippen LogP contribution in [0.4, 0.5) is 5.69 Å². The number of nitrogens with one attached hydrogen (secondary N) is 1. The van der Waals surface area contributed by atoms with E-state index in [1.54, 1.807) is 48.5 Å². The number of hydrogen-bond donors (Lipinski definition) is 1. The van der Waals surface area contributed by atoms with Crippen molar-refractivity contribution in [3.05, 3.63) is 57.4 Å². The highest BCUT2D eigenvalue weighted by molar-refractivity contribution is 9.10. The van der Waals surface area contributed by atoms with Crippen molar-refractivity contribution in [2.24, 2.45) is 0 Å². The summed E-state index contributed by atoms with van der Waals surface area (Å²) >= 11 is 3.28. The normalized spacial score (nSPS) is 11.5. The van der Waals surface area contributed by atoms with Crippen molar-refractivity contribution >= 4 is 37.7 Å². The fraction of sp³-hybridized carbons (Fsp3) is 0.167. The number of nitriles is 1. The SMILES string of the molecule is CCOc1ccc(/C=C(\C#N)S(=O)(=O)Nc2ccc(Br)cc2)cc1OC.